The fourth-order valence-corrected chi connectivity index (χ4v) is 2.46. The highest BCUT2D eigenvalue weighted by Crippen LogP contribution is 2.28. The summed E-state index contributed by atoms with van der Waals surface area (Å²) in [6.45, 7) is 7.33. The molecule has 110 valence electrons. The summed E-state index contributed by atoms with van der Waals surface area (Å²) in [5, 5.41) is 6.30. The Bertz CT molecular complexity index is 454. The lowest BCUT2D eigenvalue weighted by Crippen LogP contribution is -2.39. The smallest absolute Gasteiger partial charge is 0.253 e. The number of benzene rings is 1. The molecule has 0 spiro atoms. The lowest BCUT2D eigenvalue weighted by Gasteiger charge is -2.33. The van der Waals surface area contributed by atoms with Crippen molar-refractivity contribution < 1.29 is 9.53 Å². The summed E-state index contributed by atoms with van der Waals surface area (Å²) in [5.41, 5.74) is 1.76. The van der Waals surface area contributed by atoms with Gasteiger partial charge in [0.1, 0.15) is 0 Å². The average molecular weight is 276 g/mol. The van der Waals surface area contributed by atoms with Crippen LogP contribution in [0.2, 0.25) is 0 Å². The van der Waals surface area contributed by atoms with Gasteiger partial charge in [-0.1, -0.05) is 19.1 Å². The van der Waals surface area contributed by atoms with Crippen LogP contribution in [0, 0.1) is 5.41 Å². The third-order valence-electron chi connectivity index (χ3n) is 3.91. The van der Waals surface area contributed by atoms with Crippen molar-refractivity contribution in [2.45, 2.75) is 26.7 Å². The minimum atomic E-state index is -0.00531. The number of hydrogen-bond acceptors (Lipinski definition) is 3. The zero-order valence-electron chi connectivity index (χ0n) is 12.4. The molecule has 1 saturated heterocycles. The Labute approximate surface area is 120 Å². The molecule has 0 radical (unpaired) electrons. The molecule has 0 aromatic heterocycles. The highest BCUT2D eigenvalue weighted by molar-refractivity contribution is 5.99. The predicted molar refractivity (Wildman–Crippen MR) is 81.1 cm³/mol. The highest BCUT2D eigenvalue weighted by atomic mass is 16.5. The predicted octanol–water partition coefficient (Wildman–Crippen LogP) is 2.66. The molecular formula is C16H24N2O2. The second-order valence-corrected chi connectivity index (χ2v) is 5.68. The maximum atomic E-state index is 12.3. The van der Waals surface area contributed by atoms with Crippen LogP contribution >= 0.6 is 0 Å². The van der Waals surface area contributed by atoms with Gasteiger partial charge in [-0.3, -0.25) is 4.79 Å². The number of nitrogens with one attached hydrogen (secondary N) is 2. The van der Waals surface area contributed by atoms with E-state index < -0.39 is 0 Å². The molecule has 1 heterocycles. The molecule has 1 fully saturated rings. The van der Waals surface area contributed by atoms with Crippen LogP contribution in [0.5, 0.6) is 0 Å². The summed E-state index contributed by atoms with van der Waals surface area (Å²) in [4.78, 5) is 12.3. The Morgan fingerprint density at radius 3 is 2.70 bits per heavy atom. The molecule has 0 saturated carbocycles. The fraction of sp³-hybridized carbons (Fsp3) is 0.562. The topological polar surface area (TPSA) is 50.4 Å². The molecule has 0 unspecified atom stereocenters. The van der Waals surface area contributed by atoms with Crippen LogP contribution < -0.4 is 10.6 Å². The van der Waals surface area contributed by atoms with Crippen molar-refractivity contribution >= 4 is 11.6 Å². The van der Waals surface area contributed by atoms with Crippen LogP contribution in [0.25, 0.3) is 0 Å². The Hall–Kier alpha value is -1.55. The summed E-state index contributed by atoms with van der Waals surface area (Å²) in [6.07, 6.45) is 2.00. The van der Waals surface area contributed by atoms with Gasteiger partial charge < -0.3 is 15.4 Å². The molecule has 4 heteroatoms. The largest absolute Gasteiger partial charge is 0.385 e. The number of para-hydroxylation sites is 1. The van der Waals surface area contributed by atoms with Crippen LogP contribution in [0.4, 0.5) is 5.69 Å². The van der Waals surface area contributed by atoms with Gasteiger partial charge in [0.2, 0.25) is 0 Å². The van der Waals surface area contributed by atoms with Crippen LogP contribution in [0.3, 0.4) is 0 Å². The van der Waals surface area contributed by atoms with E-state index in [0.29, 0.717) is 12.1 Å². The Morgan fingerprint density at radius 1 is 1.30 bits per heavy atom. The third kappa shape index (κ3) is 3.73. The van der Waals surface area contributed by atoms with Crippen LogP contribution in [0.1, 0.15) is 37.0 Å². The minimum absolute atomic E-state index is 0.00531. The van der Waals surface area contributed by atoms with Crippen molar-refractivity contribution in [2.24, 2.45) is 5.41 Å². The molecule has 2 N–H and O–H groups in total. The van der Waals surface area contributed by atoms with Crippen LogP contribution in [-0.2, 0) is 4.74 Å². The molecular weight excluding hydrogens is 252 g/mol. The normalized spacial score (nSPS) is 17.5. The van der Waals surface area contributed by atoms with Gasteiger partial charge in [-0.05, 0) is 37.3 Å². The molecule has 0 bridgehead atoms. The molecule has 0 atom stereocenters. The average Bonchev–Trinajstić information content (AvgIpc) is 2.47. The number of carbonyl (C=O) groups excluding carboxylic acids is 1. The van der Waals surface area contributed by atoms with E-state index in [1.807, 2.05) is 31.2 Å². The molecule has 4 nitrogen and oxygen atoms in total. The van der Waals surface area contributed by atoms with Gasteiger partial charge in [-0.2, -0.15) is 0 Å². The molecule has 0 aliphatic carbocycles. The summed E-state index contributed by atoms with van der Waals surface area (Å²) >= 11 is 0. The Kier molecular flexibility index (Phi) is 5.01. The number of hydrogen-bond donors (Lipinski definition) is 2. The van der Waals surface area contributed by atoms with Gasteiger partial charge in [-0.15, -0.1) is 0 Å². The summed E-state index contributed by atoms with van der Waals surface area (Å²) in [6, 6.07) is 7.63. The van der Waals surface area contributed by atoms with Crippen molar-refractivity contribution in [2.75, 3.05) is 31.6 Å². The molecule has 1 aliphatic heterocycles. The van der Waals surface area contributed by atoms with Crippen molar-refractivity contribution in [3.05, 3.63) is 29.8 Å². The van der Waals surface area contributed by atoms with Gasteiger partial charge in [0.05, 0.1) is 5.56 Å². The Balaban J connectivity index is 1.98. The quantitative estimate of drug-likeness (QED) is 0.869. The van der Waals surface area contributed by atoms with E-state index in [2.05, 4.69) is 17.6 Å². The maximum Gasteiger partial charge on any atom is 0.253 e. The SMILES string of the molecule is CCNc1ccccc1C(=O)NCC1(C)CCOCC1. The van der Waals surface area contributed by atoms with Gasteiger partial charge in [0.25, 0.3) is 5.91 Å². The molecule has 1 amide bonds. The summed E-state index contributed by atoms with van der Waals surface area (Å²) in [5.74, 6) is -0.00531. The van der Waals surface area contributed by atoms with Crippen LogP contribution in [-0.4, -0.2) is 32.2 Å². The number of carbonyl (C=O) groups is 1. The highest BCUT2D eigenvalue weighted by Gasteiger charge is 2.28. The minimum Gasteiger partial charge on any atom is -0.385 e. The van der Waals surface area contributed by atoms with Crippen molar-refractivity contribution in [1.29, 1.82) is 0 Å². The molecule has 1 aromatic rings. The first-order valence-electron chi connectivity index (χ1n) is 7.33. The van der Waals surface area contributed by atoms with E-state index in [9.17, 15) is 4.79 Å². The summed E-state index contributed by atoms with van der Waals surface area (Å²) < 4.78 is 5.38. The second kappa shape index (κ2) is 6.75. The molecule has 2 rings (SSSR count). The van der Waals surface area contributed by atoms with Gasteiger partial charge in [0, 0.05) is 32.0 Å². The monoisotopic (exact) mass is 276 g/mol. The van der Waals surface area contributed by atoms with Crippen molar-refractivity contribution in [3.63, 3.8) is 0 Å². The van der Waals surface area contributed by atoms with Gasteiger partial charge in [-0.25, -0.2) is 0 Å². The molecule has 1 aromatic carbocycles. The van der Waals surface area contributed by atoms with E-state index >= 15 is 0 Å². The van der Waals surface area contributed by atoms with E-state index in [4.69, 9.17) is 4.74 Å². The van der Waals surface area contributed by atoms with Gasteiger partial charge in [0.15, 0.2) is 0 Å². The van der Waals surface area contributed by atoms with Crippen molar-refractivity contribution in [3.8, 4) is 0 Å². The zero-order valence-corrected chi connectivity index (χ0v) is 12.4. The number of amides is 1. The Morgan fingerprint density at radius 2 is 2.00 bits per heavy atom. The van der Waals surface area contributed by atoms with Crippen LogP contribution in [0.15, 0.2) is 24.3 Å². The van der Waals surface area contributed by atoms with E-state index in [1.54, 1.807) is 0 Å². The van der Waals surface area contributed by atoms with E-state index in [-0.39, 0.29) is 11.3 Å². The second-order valence-electron chi connectivity index (χ2n) is 5.68. The molecule has 20 heavy (non-hydrogen) atoms. The first kappa shape index (κ1) is 14.9. The summed E-state index contributed by atoms with van der Waals surface area (Å²) in [7, 11) is 0. The first-order chi connectivity index (χ1) is 9.64. The number of ether oxygens (including phenoxy) is 1. The standard InChI is InChI=1S/C16H24N2O2/c1-3-17-14-7-5-4-6-13(14)15(19)18-12-16(2)8-10-20-11-9-16/h4-7,17H,3,8-12H2,1-2H3,(H,18,19). The third-order valence-corrected chi connectivity index (χ3v) is 3.91. The number of rotatable bonds is 5. The maximum absolute atomic E-state index is 12.3. The van der Waals surface area contributed by atoms with Gasteiger partial charge >= 0.3 is 0 Å². The van der Waals surface area contributed by atoms with E-state index in [0.717, 1.165) is 38.3 Å². The first-order valence-corrected chi connectivity index (χ1v) is 7.33. The molecule has 1 aliphatic rings. The van der Waals surface area contributed by atoms with E-state index in [1.165, 1.54) is 0 Å². The van der Waals surface area contributed by atoms with Crippen molar-refractivity contribution in [1.82, 2.24) is 5.32 Å². The number of anilines is 1. The lowest BCUT2D eigenvalue weighted by atomic mass is 9.82. The lowest BCUT2D eigenvalue weighted by molar-refractivity contribution is 0.0238. The zero-order chi connectivity index (χ0) is 14.4. The fourth-order valence-electron chi connectivity index (χ4n) is 2.46.